The van der Waals surface area contributed by atoms with Crippen molar-refractivity contribution in [1.29, 1.82) is 0 Å². The fraction of sp³-hybridized carbons (Fsp3) is 0.167. The first-order valence-electron chi connectivity index (χ1n) is 7.82. The Labute approximate surface area is 155 Å². The molecule has 1 atom stereocenters. The average Bonchev–Trinajstić information content (AvgIpc) is 2.62. The van der Waals surface area contributed by atoms with Crippen LogP contribution in [-0.4, -0.2) is 23.2 Å². The van der Waals surface area contributed by atoms with Gasteiger partial charge in [-0.2, -0.15) is 0 Å². The Morgan fingerprint density at radius 2 is 1.77 bits per heavy atom. The number of nitrogens with two attached hydrogens (primary N) is 2. The van der Waals surface area contributed by atoms with E-state index in [9.17, 15) is 9.59 Å². The Morgan fingerprint density at radius 3 is 2.38 bits per heavy atom. The van der Waals surface area contributed by atoms with Crippen LogP contribution in [0.25, 0.3) is 0 Å². The molecule has 136 valence electrons. The number of thioether (sulfide) groups is 1. The third-order valence-electron chi connectivity index (χ3n) is 3.21. The summed E-state index contributed by atoms with van der Waals surface area (Å²) in [5.41, 5.74) is 12.1. The third kappa shape index (κ3) is 6.48. The Kier molecular flexibility index (Phi) is 7.04. The van der Waals surface area contributed by atoms with Crippen LogP contribution in [0.3, 0.4) is 0 Å². The summed E-state index contributed by atoms with van der Waals surface area (Å²) in [5, 5.41) is 2.31. The summed E-state index contributed by atoms with van der Waals surface area (Å²) in [6.07, 6.45) is -0.640. The van der Waals surface area contributed by atoms with E-state index in [1.165, 1.54) is 0 Å². The van der Waals surface area contributed by atoms with E-state index in [-0.39, 0.29) is 17.7 Å². The SMILES string of the molecule is C[C@H](NC(=O)OCc1ccccc1)C(=O)Sc1ccc(N=C(N)N)cc1. The predicted octanol–water partition coefficient (Wildman–Crippen LogP) is 2.53. The highest BCUT2D eigenvalue weighted by Gasteiger charge is 2.17. The Hall–Kier alpha value is -3.00. The molecular formula is C18H20N4O3S. The van der Waals surface area contributed by atoms with Gasteiger partial charge in [-0.05, 0) is 48.5 Å². The van der Waals surface area contributed by atoms with Gasteiger partial charge in [0.1, 0.15) is 6.61 Å². The van der Waals surface area contributed by atoms with Gasteiger partial charge in [-0.1, -0.05) is 30.3 Å². The van der Waals surface area contributed by atoms with Crippen LogP contribution in [0.1, 0.15) is 12.5 Å². The topological polar surface area (TPSA) is 120 Å². The molecule has 1 amide bonds. The van der Waals surface area contributed by atoms with Crippen LogP contribution >= 0.6 is 11.8 Å². The first-order chi connectivity index (χ1) is 12.4. The minimum Gasteiger partial charge on any atom is -0.445 e. The lowest BCUT2D eigenvalue weighted by Gasteiger charge is -2.12. The van der Waals surface area contributed by atoms with Crippen LogP contribution in [0.5, 0.6) is 0 Å². The number of rotatable bonds is 6. The number of hydrogen-bond acceptors (Lipinski definition) is 5. The van der Waals surface area contributed by atoms with Crippen molar-refractivity contribution >= 4 is 34.6 Å². The molecule has 7 nitrogen and oxygen atoms in total. The number of nitrogens with one attached hydrogen (secondary N) is 1. The normalized spacial score (nSPS) is 11.3. The fourth-order valence-corrected chi connectivity index (χ4v) is 2.68. The average molecular weight is 372 g/mol. The van der Waals surface area contributed by atoms with Crippen molar-refractivity contribution in [2.24, 2.45) is 16.5 Å². The van der Waals surface area contributed by atoms with E-state index in [1.54, 1.807) is 31.2 Å². The standard InChI is InChI=1S/C18H20N4O3S/c1-12(21-18(24)25-11-13-5-3-2-4-6-13)16(23)26-15-9-7-14(8-10-15)22-17(19)20/h2-10,12H,11H2,1H3,(H,21,24)(H4,19,20,22)/t12-/m0/s1. The van der Waals surface area contributed by atoms with Crippen LogP contribution in [0, 0.1) is 0 Å². The fourth-order valence-electron chi connectivity index (χ4n) is 1.94. The van der Waals surface area contributed by atoms with Gasteiger partial charge in [-0.15, -0.1) is 0 Å². The van der Waals surface area contributed by atoms with E-state index in [4.69, 9.17) is 16.2 Å². The largest absolute Gasteiger partial charge is 0.445 e. The molecule has 0 radical (unpaired) electrons. The minimum atomic E-state index is -0.694. The molecule has 2 rings (SSSR count). The molecule has 0 unspecified atom stereocenters. The predicted molar refractivity (Wildman–Crippen MR) is 102 cm³/mol. The first kappa shape index (κ1) is 19.3. The first-order valence-corrected chi connectivity index (χ1v) is 8.64. The van der Waals surface area contributed by atoms with Crippen molar-refractivity contribution in [3.05, 3.63) is 60.2 Å². The summed E-state index contributed by atoms with van der Waals surface area (Å²) >= 11 is 1.02. The van der Waals surface area contributed by atoms with Gasteiger partial charge in [0.25, 0.3) is 0 Å². The molecule has 0 aliphatic heterocycles. The quantitative estimate of drug-likeness (QED) is 0.407. The smallest absolute Gasteiger partial charge is 0.408 e. The highest BCUT2D eigenvalue weighted by Crippen LogP contribution is 2.23. The molecule has 0 saturated heterocycles. The maximum Gasteiger partial charge on any atom is 0.408 e. The van der Waals surface area contributed by atoms with Crippen molar-refractivity contribution in [2.45, 2.75) is 24.5 Å². The zero-order chi connectivity index (χ0) is 18.9. The lowest BCUT2D eigenvalue weighted by molar-refractivity contribution is -0.112. The molecule has 5 N–H and O–H groups in total. The van der Waals surface area contributed by atoms with Gasteiger partial charge >= 0.3 is 6.09 Å². The van der Waals surface area contributed by atoms with E-state index in [0.29, 0.717) is 5.69 Å². The monoisotopic (exact) mass is 372 g/mol. The number of alkyl carbamates (subject to hydrolysis) is 1. The van der Waals surface area contributed by atoms with Crippen LogP contribution < -0.4 is 16.8 Å². The molecule has 8 heteroatoms. The summed E-state index contributed by atoms with van der Waals surface area (Å²) in [6.45, 7) is 1.75. The molecule has 0 fully saturated rings. The van der Waals surface area contributed by atoms with Crippen molar-refractivity contribution < 1.29 is 14.3 Å². The molecule has 26 heavy (non-hydrogen) atoms. The molecule has 0 saturated carbocycles. The van der Waals surface area contributed by atoms with Crippen LogP contribution in [-0.2, 0) is 16.1 Å². The number of guanidine groups is 1. The van der Waals surface area contributed by atoms with Gasteiger partial charge in [0.2, 0.25) is 5.12 Å². The van der Waals surface area contributed by atoms with Crippen LogP contribution in [0.4, 0.5) is 10.5 Å². The molecule has 2 aromatic carbocycles. The van der Waals surface area contributed by atoms with E-state index < -0.39 is 12.1 Å². The molecule has 0 aliphatic rings. The molecule has 2 aromatic rings. The molecular weight excluding hydrogens is 352 g/mol. The summed E-state index contributed by atoms with van der Waals surface area (Å²) < 4.78 is 5.10. The molecule has 0 aromatic heterocycles. The van der Waals surface area contributed by atoms with E-state index in [0.717, 1.165) is 22.2 Å². The lowest BCUT2D eigenvalue weighted by atomic mass is 10.2. The number of ether oxygens (including phenoxy) is 1. The van der Waals surface area contributed by atoms with Crippen LogP contribution in [0.15, 0.2) is 64.5 Å². The number of amides is 1. The second-order valence-corrected chi connectivity index (χ2v) is 6.46. The van der Waals surface area contributed by atoms with Gasteiger partial charge in [-0.3, -0.25) is 4.79 Å². The number of carbonyl (C=O) groups is 2. The number of aliphatic imine (C=N–C) groups is 1. The number of benzene rings is 2. The molecule has 0 heterocycles. The third-order valence-corrected chi connectivity index (χ3v) is 4.28. The van der Waals surface area contributed by atoms with Crippen LogP contribution in [0.2, 0.25) is 0 Å². The Bertz CT molecular complexity index is 775. The van der Waals surface area contributed by atoms with E-state index in [1.807, 2.05) is 30.3 Å². The maximum atomic E-state index is 12.2. The van der Waals surface area contributed by atoms with E-state index >= 15 is 0 Å². The van der Waals surface area contributed by atoms with Gasteiger partial charge in [-0.25, -0.2) is 9.79 Å². The highest BCUT2D eigenvalue weighted by atomic mass is 32.2. The van der Waals surface area contributed by atoms with Gasteiger partial charge < -0.3 is 21.5 Å². The van der Waals surface area contributed by atoms with Gasteiger partial charge in [0, 0.05) is 4.90 Å². The number of nitrogens with zero attached hydrogens (tertiary/aromatic N) is 1. The number of hydrogen-bond donors (Lipinski definition) is 3. The molecule has 0 bridgehead atoms. The van der Waals surface area contributed by atoms with Gasteiger partial charge in [0.05, 0.1) is 11.7 Å². The highest BCUT2D eigenvalue weighted by molar-refractivity contribution is 8.13. The molecule has 0 aliphatic carbocycles. The number of carbonyl (C=O) groups excluding carboxylic acids is 2. The summed E-state index contributed by atoms with van der Waals surface area (Å²) in [4.78, 5) is 28.6. The second kappa shape index (κ2) is 9.47. The zero-order valence-corrected chi connectivity index (χ0v) is 15.0. The zero-order valence-electron chi connectivity index (χ0n) is 14.2. The summed E-state index contributed by atoms with van der Waals surface area (Å²) in [6, 6.07) is 15.5. The van der Waals surface area contributed by atoms with Crippen molar-refractivity contribution in [3.63, 3.8) is 0 Å². The summed E-state index contributed by atoms with van der Waals surface area (Å²) in [5.74, 6) is -0.0340. The second-order valence-electron chi connectivity index (χ2n) is 5.38. The van der Waals surface area contributed by atoms with Gasteiger partial charge in [0.15, 0.2) is 5.96 Å². The molecule has 0 spiro atoms. The Balaban J connectivity index is 1.81. The lowest BCUT2D eigenvalue weighted by Crippen LogP contribution is -2.37. The van der Waals surface area contributed by atoms with Crippen molar-refractivity contribution in [1.82, 2.24) is 5.32 Å². The summed E-state index contributed by atoms with van der Waals surface area (Å²) in [7, 11) is 0. The van der Waals surface area contributed by atoms with Crippen molar-refractivity contribution in [2.75, 3.05) is 0 Å². The maximum absolute atomic E-state index is 12.2. The van der Waals surface area contributed by atoms with Crippen molar-refractivity contribution in [3.8, 4) is 0 Å². The Morgan fingerprint density at radius 1 is 1.12 bits per heavy atom. The minimum absolute atomic E-state index is 0.0340. The van der Waals surface area contributed by atoms with E-state index in [2.05, 4.69) is 10.3 Å².